The lowest BCUT2D eigenvalue weighted by Crippen LogP contribution is -2.38. The fourth-order valence-corrected chi connectivity index (χ4v) is 3.26. The molecule has 0 spiro atoms. The normalized spacial score (nSPS) is 17.5. The van der Waals surface area contributed by atoms with Crippen molar-refractivity contribution in [2.45, 2.75) is 31.8 Å². The Morgan fingerprint density at radius 1 is 1.45 bits per heavy atom. The molecule has 3 rings (SSSR count). The zero-order chi connectivity index (χ0) is 13.9. The molecule has 1 atom stereocenters. The number of likely N-dealkylation sites (tertiary alicyclic amines) is 1. The summed E-state index contributed by atoms with van der Waals surface area (Å²) in [5, 5.41) is 9.40. The van der Waals surface area contributed by atoms with Crippen LogP contribution in [0.25, 0.3) is 0 Å². The Labute approximate surface area is 145 Å². The van der Waals surface area contributed by atoms with E-state index in [9.17, 15) is 4.79 Å². The van der Waals surface area contributed by atoms with Crippen LogP contribution < -0.4 is 5.73 Å². The number of nitrogens with one attached hydrogen (secondary N) is 1. The monoisotopic (exact) mass is 363 g/mol. The second-order valence-corrected chi connectivity index (χ2v) is 5.82. The minimum atomic E-state index is -0.00755. The molecular weight excluding hydrogens is 345 g/mol. The van der Waals surface area contributed by atoms with Crippen LogP contribution in [0, 0.1) is 0 Å². The van der Waals surface area contributed by atoms with Gasteiger partial charge in [-0.1, -0.05) is 0 Å². The Bertz CT molecular complexity index is 589. The zero-order valence-corrected chi connectivity index (χ0v) is 14.3. The number of aromatic nitrogens is 3. The first-order chi connectivity index (χ1) is 9.79. The predicted molar refractivity (Wildman–Crippen MR) is 90.7 cm³/mol. The molecule has 1 aliphatic rings. The molecule has 2 aromatic heterocycles. The quantitative estimate of drug-likeness (QED) is 0.876. The first kappa shape index (κ1) is 18.9. The van der Waals surface area contributed by atoms with Gasteiger partial charge in [-0.05, 0) is 19.3 Å². The molecule has 122 valence electrons. The molecule has 1 aliphatic heterocycles. The summed E-state index contributed by atoms with van der Waals surface area (Å²) in [4.78, 5) is 18.8. The summed E-state index contributed by atoms with van der Waals surface area (Å²) in [7, 11) is 0. The second-order valence-electron chi connectivity index (χ2n) is 4.87. The molecule has 2 aromatic rings. The van der Waals surface area contributed by atoms with E-state index in [1.165, 1.54) is 11.3 Å². The van der Waals surface area contributed by atoms with Crippen molar-refractivity contribution in [3.05, 3.63) is 34.0 Å². The fourth-order valence-electron chi connectivity index (χ4n) is 2.61. The fraction of sp³-hybridized carbons (Fsp3) is 0.462. The topological polar surface area (TPSA) is 87.9 Å². The second kappa shape index (κ2) is 8.47. The molecule has 3 heterocycles. The minimum Gasteiger partial charge on any atom is -0.330 e. The van der Waals surface area contributed by atoms with Gasteiger partial charge in [0.25, 0.3) is 5.91 Å². The molecule has 1 saturated heterocycles. The van der Waals surface area contributed by atoms with E-state index in [2.05, 4.69) is 15.2 Å². The molecular formula is C13H19Cl2N5OS. The van der Waals surface area contributed by atoms with Crippen LogP contribution in [0.4, 0.5) is 0 Å². The maximum absolute atomic E-state index is 12.6. The van der Waals surface area contributed by atoms with Crippen LogP contribution in [-0.4, -0.2) is 32.5 Å². The number of H-pyrrole nitrogens is 1. The third kappa shape index (κ3) is 3.78. The summed E-state index contributed by atoms with van der Waals surface area (Å²) < 4.78 is 0. The summed E-state index contributed by atoms with van der Waals surface area (Å²) in [6, 6.07) is 0.0954. The zero-order valence-electron chi connectivity index (χ0n) is 11.9. The highest BCUT2D eigenvalue weighted by molar-refractivity contribution is 7.09. The molecule has 1 amide bonds. The van der Waals surface area contributed by atoms with E-state index in [0.29, 0.717) is 12.2 Å². The number of hydrogen-bond acceptors (Lipinski definition) is 5. The number of thiazole rings is 1. The lowest BCUT2D eigenvalue weighted by Gasteiger charge is -2.34. The molecule has 0 aromatic carbocycles. The molecule has 9 heteroatoms. The van der Waals surface area contributed by atoms with Gasteiger partial charge in [-0.25, -0.2) is 4.98 Å². The average Bonchev–Trinajstić information content (AvgIpc) is 3.17. The third-order valence-electron chi connectivity index (χ3n) is 3.61. The van der Waals surface area contributed by atoms with E-state index in [1.54, 1.807) is 11.6 Å². The van der Waals surface area contributed by atoms with Gasteiger partial charge in [0.05, 0.1) is 12.2 Å². The van der Waals surface area contributed by atoms with E-state index in [1.807, 2.05) is 11.1 Å². The molecule has 6 nitrogen and oxygen atoms in total. The van der Waals surface area contributed by atoms with Gasteiger partial charge in [0.2, 0.25) is 0 Å². The number of nitrogens with zero attached hydrogens (tertiary/aromatic N) is 3. The summed E-state index contributed by atoms with van der Waals surface area (Å²) in [5.41, 5.74) is 7.12. The summed E-state index contributed by atoms with van der Waals surface area (Å²) in [6.45, 7) is 1.15. The molecule has 0 radical (unpaired) electrons. The Hall–Kier alpha value is -1.15. The van der Waals surface area contributed by atoms with E-state index in [4.69, 9.17) is 5.73 Å². The van der Waals surface area contributed by atoms with Crippen LogP contribution in [0.15, 0.2) is 17.8 Å². The molecule has 0 saturated carbocycles. The number of carbonyl (C=O) groups excluding carboxylic acids is 1. The van der Waals surface area contributed by atoms with Crippen molar-refractivity contribution in [1.82, 2.24) is 20.1 Å². The van der Waals surface area contributed by atoms with Gasteiger partial charge < -0.3 is 10.6 Å². The lowest BCUT2D eigenvalue weighted by atomic mass is 9.97. The van der Waals surface area contributed by atoms with Gasteiger partial charge in [-0.2, -0.15) is 5.10 Å². The number of piperidine rings is 1. The number of rotatable bonds is 3. The highest BCUT2D eigenvalue weighted by atomic mass is 35.5. The van der Waals surface area contributed by atoms with Gasteiger partial charge in [0, 0.05) is 30.2 Å². The minimum absolute atomic E-state index is 0. The van der Waals surface area contributed by atoms with Crippen LogP contribution in [0.2, 0.25) is 0 Å². The highest BCUT2D eigenvalue weighted by Gasteiger charge is 2.30. The Kier molecular flexibility index (Phi) is 7.28. The molecule has 0 aliphatic carbocycles. The average molecular weight is 364 g/mol. The van der Waals surface area contributed by atoms with Gasteiger partial charge >= 0.3 is 0 Å². The van der Waals surface area contributed by atoms with Crippen LogP contribution in [-0.2, 0) is 6.54 Å². The van der Waals surface area contributed by atoms with Crippen molar-refractivity contribution in [1.29, 1.82) is 0 Å². The summed E-state index contributed by atoms with van der Waals surface area (Å²) in [5.74, 6) is -0.00755. The van der Waals surface area contributed by atoms with E-state index in [0.717, 1.165) is 36.4 Å². The molecule has 1 fully saturated rings. The van der Waals surface area contributed by atoms with Crippen molar-refractivity contribution >= 4 is 42.1 Å². The van der Waals surface area contributed by atoms with E-state index < -0.39 is 0 Å². The number of halogens is 2. The Morgan fingerprint density at radius 3 is 2.91 bits per heavy atom. The smallest absolute Gasteiger partial charge is 0.273 e. The van der Waals surface area contributed by atoms with Crippen molar-refractivity contribution in [3.8, 4) is 0 Å². The molecule has 1 unspecified atom stereocenters. The van der Waals surface area contributed by atoms with Gasteiger partial charge in [0.1, 0.15) is 10.7 Å². The largest absolute Gasteiger partial charge is 0.330 e. The molecule has 22 heavy (non-hydrogen) atoms. The van der Waals surface area contributed by atoms with Gasteiger partial charge in [0.15, 0.2) is 0 Å². The Balaban J connectivity index is 0.00000121. The number of hydrogen-bond donors (Lipinski definition) is 2. The van der Waals surface area contributed by atoms with Crippen LogP contribution in [0.1, 0.15) is 46.4 Å². The first-order valence-electron chi connectivity index (χ1n) is 6.73. The van der Waals surface area contributed by atoms with Crippen LogP contribution in [0.3, 0.4) is 0 Å². The van der Waals surface area contributed by atoms with E-state index >= 15 is 0 Å². The standard InChI is InChI=1S/C13H17N5OS.2ClH/c14-5-12-17-10(8-20-12)13(19)18-4-2-1-3-11(18)9-6-15-16-7-9;;/h6-8,11H,1-5,14H2,(H,15,16);2*1H. The lowest BCUT2D eigenvalue weighted by molar-refractivity contribution is 0.0606. The maximum atomic E-state index is 12.6. The van der Waals surface area contributed by atoms with Gasteiger partial charge in [-0.15, -0.1) is 36.2 Å². The summed E-state index contributed by atoms with van der Waals surface area (Å²) in [6.07, 6.45) is 6.79. The van der Waals surface area contributed by atoms with Crippen LogP contribution >= 0.6 is 36.2 Å². The van der Waals surface area contributed by atoms with Crippen LogP contribution in [0.5, 0.6) is 0 Å². The molecule has 0 bridgehead atoms. The predicted octanol–water partition coefficient (Wildman–Crippen LogP) is 2.54. The third-order valence-corrected chi connectivity index (χ3v) is 4.48. The maximum Gasteiger partial charge on any atom is 0.273 e. The number of nitrogens with two attached hydrogens (primary N) is 1. The first-order valence-corrected chi connectivity index (χ1v) is 7.61. The van der Waals surface area contributed by atoms with Crippen molar-refractivity contribution in [3.63, 3.8) is 0 Å². The summed E-state index contributed by atoms with van der Waals surface area (Å²) >= 11 is 1.44. The Morgan fingerprint density at radius 2 is 2.27 bits per heavy atom. The molecule has 3 N–H and O–H groups in total. The highest BCUT2D eigenvalue weighted by Crippen LogP contribution is 2.31. The van der Waals surface area contributed by atoms with Crippen molar-refractivity contribution in [2.24, 2.45) is 5.73 Å². The van der Waals surface area contributed by atoms with Crippen molar-refractivity contribution < 1.29 is 4.79 Å². The number of aromatic amines is 1. The number of amides is 1. The number of carbonyl (C=O) groups is 1. The van der Waals surface area contributed by atoms with Crippen molar-refractivity contribution in [2.75, 3.05) is 6.54 Å². The van der Waals surface area contributed by atoms with E-state index in [-0.39, 0.29) is 36.8 Å². The van der Waals surface area contributed by atoms with Gasteiger partial charge in [-0.3, -0.25) is 9.89 Å². The SMILES string of the molecule is Cl.Cl.NCc1nc(C(=O)N2CCCCC2c2cn[nH]c2)cs1.